The molecular formula is C18H22N4O2. The number of H-pyrrole nitrogens is 1. The van der Waals surface area contributed by atoms with Crippen LogP contribution in [0.2, 0.25) is 0 Å². The molecule has 1 aliphatic rings. The van der Waals surface area contributed by atoms with Gasteiger partial charge in [-0.15, -0.1) is 0 Å². The van der Waals surface area contributed by atoms with Crippen molar-refractivity contribution in [3.63, 3.8) is 0 Å². The summed E-state index contributed by atoms with van der Waals surface area (Å²) in [6.07, 6.45) is 3.65. The van der Waals surface area contributed by atoms with E-state index in [0.29, 0.717) is 6.54 Å². The van der Waals surface area contributed by atoms with Crippen molar-refractivity contribution in [2.24, 2.45) is 0 Å². The van der Waals surface area contributed by atoms with Crippen LogP contribution < -0.4 is 15.8 Å². The van der Waals surface area contributed by atoms with Gasteiger partial charge in [0.25, 0.3) is 11.5 Å². The normalized spacial score (nSPS) is 17.6. The molecule has 24 heavy (non-hydrogen) atoms. The van der Waals surface area contributed by atoms with Gasteiger partial charge in [-0.25, -0.2) is 4.98 Å². The molecular weight excluding hydrogens is 304 g/mol. The standard InChI is InChI=1S/C18H22N4O2/c1-12-10-15(17(23)20-13(12)2)18(24)21-14-6-5-9-22(11-14)16-7-3-4-8-19-16/h3-4,7-8,10,14H,5-6,9,11H2,1-2H3,(H,20,23)(H,21,24)/t14-/m1/s1. The molecule has 2 N–H and O–H groups in total. The highest BCUT2D eigenvalue weighted by Crippen LogP contribution is 2.17. The van der Waals surface area contributed by atoms with Crippen molar-refractivity contribution in [1.82, 2.24) is 15.3 Å². The Morgan fingerprint density at radius 3 is 2.96 bits per heavy atom. The van der Waals surface area contributed by atoms with Crippen molar-refractivity contribution in [3.05, 3.63) is 57.6 Å². The third kappa shape index (κ3) is 3.48. The van der Waals surface area contributed by atoms with Crippen LogP contribution in [0.15, 0.2) is 35.3 Å². The summed E-state index contributed by atoms with van der Waals surface area (Å²) < 4.78 is 0. The maximum Gasteiger partial charge on any atom is 0.261 e. The van der Waals surface area contributed by atoms with E-state index in [2.05, 4.69) is 20.2 Å². The number of nitrogens with one attached hydrogen (secondary N) is 2. The molecule has 0 unspecified atom stereocenters. The first-order chi connectivity index (χ1) is 11.5. The predicted molar refractivity (Wildman–Crippen MR) is 93.5 cm³/mol. The number of aromatic nitrogens is 2. The number of carbonyl (C=O) groups excluding carboxylic acids is 1. The van der Waals surface area contributed by atoms with E-state index in [0.717, 1.165) is 36.5 Å². The van der Waals surface area contributed by atoms with Gasteiger partial charge in [-0.2, -0.15) is 0 Å². The summed E-state index contributed by atoms with van der Waals surface area (Å²) in [5.74, 6) is 0.604. The molecule has 3 rings (SSSR count). The molecule has 1 amide bonds. The van der Waals surface area contributed by atoms with Crippen molar-refractivity contribution < 1.29 is 4.79 Å². The van der Waals surface area contributed by atoms with E-state index in [9.17, 15) is 9.59 Å². The number of aromatic amines is 1. The largest absolute Gasteiger partial charge is 0.355 e. The van der Waals surface area contributed by atoms with Gasteiger partial charge >= 0.3 is 0 Å². The molecule has 6 nitrogen and oxygen atoms in total. The Labute approximate surface area is 140 Å². The molecule has 1 aliphatic heterocycles. The quantitative estimate of drug-likeness (QED) is 0.901. The van der Waals surface area contributed by atoms with Gasteiger partial charge in [-0.05, 0) is 50.5 Å². The molecule has 0 saturated carbocycles. The number of piperidine rings is 1. The molecule has 1 atom stereocenters. The van der Waals surface area contributed by atoms with Crippen LogP contribution in [-0.4, -0.2) is 35.0 Å². The minimum atomic E-state index is -0.340. The van der Waals surface area contributed by atoms with Gasteiger partial charge in [0.1, 0.15) is 11.4 Å². The lowest BCUT2D eigenvalue weighted by atomic mass is 10.0. The Bertz CT molecular complexity index is 785. The number of nitrogens with zero attached hydrogens (tertiary/aromatic N) is 2. The Morgan fingerprint density at radius 1 is 1.38 bits per heavy atom. The van der Waals surface area contributed by atoms with Crippen molar-refractivity contribution in [2.75, 3.05) is 18.0 Å². The van der Waals surface area contributed by atoms with E-state index in [1.54, 1.807) is 12.3 Å². The fourth-order valence-electron chi connectivity index (χ4n) is 3.00. The summed E-state index contributed by atoms with van der Waals surface area (Å²) in [7, 11) is 0. The summed E-state index contributed by atoms with van der Waals surface area (Å²) in [5, 5.41) is 2.99. The lowest BCUT2D eigenvalue weighted by molar-refractivity contribution is 0.0931. The van der Waals surface area contributed by atoms with Crippen molar-refractivity contribution in [3.8, 4) is 0 Å². The van der Waals surface area contributed by atoms with Crippen molar-refractivity contribution >= 4 is 11.7 Å². The Balaban J connectivity index is 1.71. The number of carbonyl (C=O) groups is 1. The number of hydrogen-bond acceptors (Lipinski definition) is 4. The molecule has 0 aromatic carbocycles. The van der Waals surface area contributed by atoms with Crippen molar-refractivity contribution in [2.45, 2.75) is 32.7 Å². The number of aryl methyl sites for hydroxylation is 2. The summed E-state index contributed by atoms with van der Waals surface area (Å²) in [6.45, 7) is 5.33. The van der Waals surface area contributed by atoms with Crippen LogP contribution in [0.5, 0.6) is 0 Å². The molecule has 0 spiro atoms. The third-order valence-electron chi connectivity index (χ3n) is 4.47. The second kappa shape index (κ2) is 6.86. The molecule has 2 aromatic rings. The first-order valence-corrected chi connectivity index (χ1v) is 8.22. The van der Waals surface area contributed by atoms with E-state index < -0.39 is 0 Å². The number of rotatable bonds is 3. The van der Waals surface area contributed by atoms with Gasteiger partial charge in [-0.1, -0.05) is 6.07 Å². The van der Waals surface area contributed by atoms with Crippen LogP contribution in [0.25, 0.3) is 0 Å². The van der Waals surface area contributed by atoms with E-state index in [1.165, 1.54) is 0 Å². The summed E-state index contributed by atoms with van der Waals surface area (Å²) in [5.41, 5.74) is 1.52. The zero-order chi connectivity index (χ0) is 17.1. The van der Waals surface area contributed by atoms with Crippen LogP contribution in [0.4, 0.5) is 5.82 Å². The van der Waals surface area contributed by atoms with E-state index in [1.807, 2.05) is 32.0 Å². The smallest absolute Gasteiger partial charge is 0.261 e. The monoisotopic (exact) mass is 326 g/mol. The predicted octanol–water partition coefficient (Wildman–Crippen LogP) is 1.79. The molecule has 1 fully saturated rings. The molecule has 126 valence electrons. The molecule has 6 heteroatoms. The molecule has 1 saturated heterocycles. The third-order valence-corrected chi connectivity index (χ3v) is 4.47. The van der Waals surface area contributed by atoms with Crippen molar-refractivity contribution in [1.29, 1.82) is 0 Å². The SMILES string of the molecule is Cc1cc(C(=O)N[C@@H]2CCCN(c3ccccn3)C2)c(=O)[nH]c1C. The molecule has 2 aromatic heterocycles. The van der Waals surface area contributed by atoms with Gasteiger partial charge in [0.05, 0.1) is 0 Å². The fourth-order valence-corrected chi connectivity index (χ4v) is 3.00. The highest BCUT2D eigenvalue weighted by molar-refractivity contribution is 5.94. The summed E-state index contributed by atoms with van der Waals surface area (Å²) in [6, 6.07) is 7.48. The highest BCUT2D eigenvalue weighted by atomic mass is 16.2. The average molecular weight is 326 g/mol. The van der Waals surface area contributed by atoms with Crippen LogP contribution in [0, 0.1) is 13.8 Å². The lowest BCUT2D eigenvalue weighted by Gasteiger charge is -2.33. The molecule has 0 radical (unpaired) electrons. The maximum absolute atomic E-state index is 12.5. The summed E-state index contributed by atoms with van der Waals surface area (Å²) >= 11 is 0. The Kier molecular flexibility index (Phi) is 4.64. The van der Waals surface area contributed by atoms with Gasteiger partial charge in [0, 0.05) is 31.0 Å². The van der Waals surface area contributed by atoms with Crippen LogP contribution >= 0.6 is 0 Å². The van der Waals surface area contributed by atoms with E-state index in [-0.39, 0.29) is 23.1 Å². The molecule has 0 aliphatic carbocycles. The Hall–Kier alpha value is -2.63. The molecule has 3 heterocycles. The lowest BCUT2D eigenvalue weighted by Crippen LogP contribution is -2.48. The second-order valence-electron chi connectivity index (χ2n) is 6.27. The Morgan fingerprint density at radius 2 is 2.21 bits per heavy atom. The number of hydrogen-bond donors (Lipinski definition) is 2. The zero-order valence-corrected chi connectivity index (χ0v) is 14.0. The summed E-state index contributed by atoms with van der Waals surface area (Å²) in [4.78, 5) is 33.8. The van der Waals surface area contributed by atoms with Crippen LogP contribution in [0.1, 0.15) is 34.5 Å². The number of pyridine rings is 2. The average Bonchev–Trinajstić information content (AvgIpc) is 2.59. The maximum atomic E-state index is 12.5. The second-order valence-corrected chi connectivity index (χ2v) is 6.27. The minimum Gasteiger partial charge on any atom is -0.355 e. The first-order valence-electron chi connectivity index (χ1n) is 8.22. The fraction of sp³-hybridized carbons (Fsp3) is 0.389. The van der Waals surface area contributed by atoms with Gasteiger partial charge in [-0.3, -0.25) is 9.59 Å². The van der Waals surface area contributed by atoms with Crippen LogP contribution in [0.3, 0.4) is 0 Å². The molecule has 0 bridgehead atoms. The highest BCUT2D eigenvalue weighted by Gasteiger charge is 2.23. The first kappa shape index (κ1) is 16.2. The topological polar surface area (TPSA) is 78.1 Å². The van der Waals surface area contributed by atoms with E-state index >= 15 is 0 Å². The number of amides is 1. The van der Waals surface area contributed by atoms with Gasteiger partial charge in [0.2, 0.25) is 0 Å². The van der Waals surface area contributed by atoms with E-state index in [4.69, 9.17) is 0 Å². The zero-order valence-electron chi connectivity index (χ0n) is 14.0. The van der Waals surface area contributed by atoms with Gasteiger partial charge < -0.3 is 15.2 Å². The number of anilines is 1. The minimum absolute atomic E-state index is 0.00858. The van der Waals surface area contributed by atoms with Gasteiger partial charge in [0.15, 0.2) is 0 Å². The van der Waals surface area contributed by atoms with Crippen LogP contribution in [-0.2, 0) is 0 Å².